The summed E-state index contributed by atoms with van der Waals surface area (Å²) in [6.07, 6.45) is 1.56. The first-order valence-corrected chi connectivity index (χ1v) is 9.19. The molecule has 29 heavy (non-hydrogen) atoms. The predicted molar refractivity (Wildman–Crippen MR) is 111 cm³/mol. The number of carbonyl (C=O) groups is 1. The molecule has 2 N–H and O–H groups in total. The molecule has 0 aliphatic heterocycles. The third-order valence-corrected chi connectivity index (χ3v) is 4.85. The summed E-state index contributed by atoms with van der Waals surface area (Å²) in [7, 11) is 1.67. The molecule has 2 heterocycles. The molecule has 0 bridgehead atoms. The summed E-state index contributed by atoms with van der Waals surface area (Å²) in [6.45, 7) is 2.35. The van der Waals surface area contributed by atoms with Crippen LogP contribution in [0.1, 0.15) is 21.5 Å². The van der Waals surface area contributed by atoms with E-state index in [4.69, 9.17) is 0 Å². The monoisotopic (exact) mass is 388 g/mol. The van der Waals surface area contributed by atoms with Crippen LogP contribution in [0.2, 0.25) is 0 Å². The number of amides is 1. The van der Waals surface area contributed by atoms with Crippen molar-refractivity contribution < 1.29 is 4.79 Å². The maximum absolute atomic E-state index is 13.0. The molecule has 7 nitrogen and oxygen atoms in total. The predicted octanol–water partition coefficient (Wildman–Crippen LogP) is 2.26. The summed E-state index contributed by atoms with van der Waals surface area (Å²) < 4.78 is 2.63. The quantitative estimate of drug-likeness (QED) is 0.562. The topological polar surface area (TPSA) is 88.9 Å². The molecule has 0 aliphatic rings. The van der Waals surface area contributed by atoms with Crippen molar-refractivity contribution in [3.8, 4) is 5.69 Å². The smallest absolute Gasteiger partial charge is 0.333 e. The second kappa shape index (κ2) is 7.27. The summed E-state index contributed by atoms with van der Waals surface area (Å²) in [5, 5.41) is 2.84. The van der Waals surface area contributed by atoms with Crippen molar-refractivity contribution in [2.24, 2.45) is 7.05 Å². The lowest BCUT2D eigenvalue weighted by Crippen LogP contribution is -2.34. The largest absolute Gasteiger partial charge is 0.348 e. The number of fused-ring (bicyclic) bond motifs is 1. The molecule has 2 aromatic heterocycles. The highest BCUT2D eigenvalue weighted by molar-refractivity contribution is 6.05. The fraction of sp³-hybridized carbons (Fsp3) is 0.136. The molecule has 0 unspecified atom stereocenters. The lowest BCUT2D eigenvalue weighted by molar-refractivity contribution is 0.0952. The lowest BCUT2D eigenvalue weighted by Gasteiger charge is -2.06. The van der Waals surface area contributed by atoms with Crippen molar-refractivity contribution in [3.63, 3.8) is 0 Å². The Morgan fingerprint density at radius 2 is 1.72 bits per heavy atom. The average Bonchev–Trinajstić information content (AvgIpc) is 3.04. The van der Waals surface area contributed by atoms with Crippen molar-refractivity contribution in [1.29, 1.82) is 0 Å². The second-order valence-electron chi connectivity index (χ2n) is 6.95. The highest BCUT2D eigenvalue weighted by Crippen LogP contribution is 2.15. The minimum Gasteiger partial charge on any atom is -0.348 e. The van der Waals surface area contributed by atoms with Gasteiger partial charge < -0.3 is 14.9 Å². The molecule has 1 amide bonds. The van der Waals surface area contributed by atoms with Crippen LogP contribution in [0.4, 0.5) is 0 Å². The average molecular weight is 388 g/mol. The van der Waals surface area contributed by atoms with Crippen LogP contribution >= 0.6 is 0 Å². The highest BCUT2D eigenvalue weighted by Gasteiger charge is 2.20. The molecule has 146 valence electrons. The third kappa shape index (κ3) is 3.38. The molecule has 0 spiro atoms. The van der Waals surface area contributed by atoms with Crippen LogP contribution in [0.15, 0.2) is 70.4 Å². The van der Waals surface area contributed by atoms with Crippen molar-refractivity contribution in [1.82, 2.24) is 19.4 Å². The standard InChI is InChI=1S/C22H20N4O3/c1-14-8-10-15(11-9-14)12-23-20(27)17-13-25(2)19-18(17)24-22(29)26(21(19)28)16-6-4-3-5-7-16/h3-11,13H,12H2,1-2H3,(H,23,27)(H,24,29). The van der Waals surface area contributed by atoms with E-state index >= 15 is 0 Å². The number of rotatable bonds is 4. The molecule has 0 fully saturated rings. The Kier molecular flexibility index (Phi) is 4.64. The number of aryl methyl sites for hydroxylation is 2. The zero-order valence-electron chi connectivity index (χ0n) is 16.1. The number of aromatic nitrogens is 3. The molecule has 0 radical (unpaired) electrons. The molecule has 7 heteroatoms. The SMILES string of the molecule is Cc1ccc(CNC(=O)c2cn(C)c3c(=O)n(-c4ccccc4)c(=O)[nH]c23)cc1. The second-order valence-corrected chi connectivity index (χ2v) is 6.95. The van der Waals surface area contributed by atoms with E-state index in [0.717, 1.165) is 15.7 Å². The van der Waals surface area contributed by atoms with E-state index in [1.165, 1.54) is 0 Å². The van der Waals surface area contributed by atoms with Crippen LogP contribution < -0.4 is 16.6 Å². The number of nitrogens with one attached hydrogen (secondary N) is 2. The summed E-state index contributed by atoms with van der Waals surface area (Å²) >= 11 is 0. The van der Waals surface area contributed by atoms with Crippen LogP contribution in [0.25, 0.3) is 16.7 Å². The summed E-state index contributed by atoms with van der Waals surface area (Å²) in [4.78, 5) is 41.1. The first kappa shape index (κ1) is 18.5. The van der Waals surface area contributed by atoms with E-state index in [-0.39, 0.29) is 22.5 Å². The van der Waals surface area contributed by atoms with Gasteiger partial charge in [-0.25, -0.2) is 9.36 Å². The third-order valence-electron chi connectivity index (χ3n) is 4.85. The Morgan fingerprint density at radius 1 is 1.03 bits per heavy atom. The van der Waals surface area contributed by atoms with E-state index in [1.54, 1.807) is 48.1 Å². The van der Waals surface area contributed by atoms with Gasteiger partial charge in [0.15, 0.2) is 0 Å². The minimum absolute atomic E-state index is 0.232. The number of hydrogen-bond acceptors (Lipinski definition) is 3. The molecule has 4 rings (SSSR count). The Labute approximate surface area is 166 Å². The fourth-order valence-electron chi connectivity index (χ4n) is 3.34. The van der Waals surface area contributed by atoms with Gasteiger partial charge in [-0.15, -0.1) is 0 Å². The first-order valence-electron chi connectivity index (χ1n) is 9.19. The van der Waals surface area contributed by atoms with Crippen molar-refractivity contribution >= 4 is 16.9 Å². The molecule has 0 aliphatic carbocycles. The van der Waals surface area contributed by atoms with Crippen molar-refractivity contribution in [3.05, 3.63) is 98.3 Å². The number of H-pyrrole nitrogens is 1. The Morgan fingerprint density at radius 3 is 2.41 bits per heavy atom. The molecule has 0 atom stereocenters. The van der Waals surface area contributed by atoms with Gasteiger partial charge in [0.25, 0.3) is 11.5 Å². The van der Waals surface area contributed by atoms with E-state index in [0.29, 0.717) is 12.2 Å². The van der Waals surface area contributed by atoms with Gasteiger partial charge in [0, 0.05) is 19.8 Å². The zero-order chi connectivity index (χ0) is 20.5. The van der Waals surface area contributed by atoms with Gasteiger partial charge in [0.05, 0.1) is 16.8 Å². The van der Waals surface area contributed by atoms with Gasteiger partial charge in [-0.1, -0.05) is 48.0 Å². The van der Waals surface area contributed by atoms with Gasteiger partial charge in [-0.05, 0) is 24.6 Å². The van der Waals surface area contributed by atoms with Crippen LogP contribution in [0.5, 0.6) is 0 Å². The molecular formula is C22H20N4O3. The van der Waals surface area contributed by atoms with E-state index in [1.807, 2.05) is 31.2 Å². The number of para-hydroxylation sites is 1. The van der Waals surface area contributed by atoms with E-state index in [9.17, 15) is 14.4 Å². The van der Waals surface area contributed by atoms with Gasteiger partial charge >= 0.3 is 5.69 Å². The van der Waals surface area contributed by atoms with Gasteiger partial charge in [-0.3, -0.25) is 9.59 Å². The maximum Gasteiger partial charge on any atom is 0.333 e. The van der Waals surface area contributed by atoms with Gasteiger partial charge in [0.2, 0.25) is 0 Å². The Balaban J connectivity index is 1.73. The molecule has 4 aromatic rings. The molecular weight excluding hydrogens is 368 g/mol. The van der Waals surface area contributed by atoms with Gasteiger partial charge in [-0.2, -0.15) is 0 Å². The van der Waals surface area contributed by atoms with E-state index in [2.05, 4.69) is 10.3 Å². The zero-order valence-corrected chi connectivity index (χ0v) is 16.1. The van der Waals surface area contributed by atoms with E-state index < -0.39 is 11.2 Å². The first-order chi connectivity index (χ1) is 14.0. The summed E-state index contributed by atoms with van der Waals surface area (Å²) in [5.74, 6) is -0.358. The van der Waals surface area contributed by atoms with Gasteiger partial charge in [0.1, 0.15) is 5.52 Å². The van der Waals surface area contributed by atoms with Crippen molar-refractivity contribution in [2.75, 3.05) is 0 Å². The van der Waals surface area contributed by atoms with Crippen LogP contribution in [0, 0.1) is 6.92 Å². The number of carbonyl (C=O) groups excluding carboxylic acids is 1. The maximum atomic E-state index is 13.0. The highest BCUT2D eigenvalue weighted by atomic mass is 16.2. The number of nitrogens with zero attached hydrogens (tertiary/aromatic N) is 2. The molecule has 2 aromatic carbocycles. The molecule has 0 saturated heterocycles. The summed E-state index contributed by atoms with van der Waals surface area (Å²) in [6, 6.07) is 16.5. The number of hydrogen-bond donors (Lipinski definition) is 2. The summed E-state index contributed by atoms with van der Waals surface area (Å²) in [5.41, 5.74) is 2.24. The fourth-order valence-corrected chi connectivity index (χ4v) is 3.34. The molecule has 0 saturated carbocycles. The number of aromatic amines is 1. The van der Waals surface area contributed by atoms with Crippen LogP contribution in [-0.4, -0.2) is 20.0 Å². The van der Waals surface area contributed by atoms with Crippen molar-refractivity contribution in [2.45, 2.75) is 13.5 Å². The number of benzene rings is 2. The lowest BCUT2D eigenvalue weighted by atomic mass is 10.1. The normalized spacial score (nSPS) is 11.0. The van der Waals surface area contributed by atoms with Crippen LogP contribution in [-0.2, 0) is 13.6 Å². The minimum atomic E-state index is -0.590. The Hall–Kier alpha value is -3.87. The van der Waals surface area contributed by atoms with Crippen LogP contribution in [0.3, 0.4) is 0 Å². The Bertz CT molecular complexity index is 1310.